The zero-order valence-electron chi connectivity index (χ0n) is 67.9. The molecule has 0 aromatic heterocycles. The minimum atomic E-state index is -0.736. The first-order valence-electron chi connectivity index (χ1n) is 40.9. The van der Waals surface area contributed by atoms with Gasteiger partial charge >= 0.3 is 17.9 Å². The number of ether oxygens (including phenoxy) is 12. The molecule has 1 atom stereocenters. The average molecular weight is 1650 g/mol. The van der Waals surface area contributed by atoms with Crippen LogP contribution in [0.15, 0.2) is 0 Å². The lowest BCUT2D eigenvalue weighted by Gasteiger charge is -2.29. The highest BCUT2D eigenvalue weighted by molar-refractivity contribution is 6.01. The maximum absolute atomic E-state index is 12.7. The molecular weight excluding hydrogens is 1510 g/mol. The van der Waals surface area contributed by atoms with Gasteiger partial charge in [0, 0.05) is 115 Å². The van der Waals surface area contributed by atoms with Crippen molar-refractivity contribution in [1.82, 2.24) is 47.5 Å². The highest BCUT2D eigenvalue weighted by Crippen LogP contribution is 2.20. The summed E-state index contributed by atoms with van der Waals surface area (Å²) in [6.07, 6.45) is 15.8. The van der Waals surface area contributed by atoms with Crippen LogP contribution >= 0.6 is 0 Å². The van der Waals surface area contributed by atoms with Gasteiger partial charge in [0.25, 0.3) is 23.6 Å². The van der Waals surface area contributed by atoms with Crippen LogP contribution in [-0.2, 0) is 138 Å². The first kappa shape index (κ1) is 104. The Morgan fingerprint density at radius 1 is 0.313 bits per heavy atom. The number of nitrogens with zero attached hydrogens (tertiary/aromatic N) is 2. The van der Waals surface area contributed by atoms with Crippen LogP contribution in [0.2, 0.25) is 0 Å². The molecule has 0 bridgehead atoms. The van der Waals surface area contributed by atoms with E-state index < -0.39 is 41.0 Å². The molecule has 0 saturated carbocycles. The fraction of sp³-hybridized carbons (Fsp3) is 0.818. The van der Waals surface area contributed by atoms with E-state index in [1.165, 1.54) is 0 Å². The minimum Gasteiger partial charge on any atom is -0.380 e. The van der Waals surface area contributed by atoms with E-state index in [-0.39, 0.29) is 191 Å². The number of hydrogen-bond acceptors (Lipinski definition) is 29. The quantitative estimate of drug-likeness (QED) is 0.0199. The van der Waals surface area contributed by atoms with Gasteiger partial charge in [0.1, 0.15) is 6.29 Å². The first-order chi connectivity index (χ1) is 55.9. The molecule has 0 spiro atoms. The van der Waals surface area contributed by atoms with E-state index in [4.69, 9.17) is 66.5 Å². The van der Waals surface area contributed by atoms with Crippen LogP contribution in [0.25, 0.3) is 0 Å². The van der Waals surface area contributed by atoms with E-state index >= 15 is 0 Å². The van der Waals surface area contributed by atoms with Gasteiger partial charge in [-0.3, -0.25) is 47.9 Å². The Hall–Kier alpha value is -7.50. The van der Waals surface area contributed by atoms with Crippen molar-refractivity contribution >= 4 is 83.3 Å². The second-order valence-electron chi connectivity index (χ2n) is 27.4. The Morgan fingerprint density at radius 2 is 0.617 bits per heavy atom. The Morgan fingerprint density at radius 3 is 0.974 bits per heavy atom. The first-order valence-corrected chi connectivity index (χ1v) is 40.9. The SMILES string of the molecule is CC(COCCC(=O)NCCCCCCCC(=O)NCCOCCOCCOCCC(=O)ONC(=O)CCC=O)(COCCC(=O)NCCCCCCCC(=O)NCCOCCOCCOCCC(=O)ON1CCCC1=O)COCCC(=O)NCCCCCCCC(=O)NCCOCCOCCOCCC(=O)ON1C(=O)CCC1=O. The van der Waals surface area contributed by atoms with Crippen LogP contribution in [0.4, 0.5) is 0 Å². The number of amides is 10. The minimum absolute atomic E-state index is 0.0246. The monoisotopic (exact) mass is 1650 g/mol. The Kier molecular flexibility index (Phi) is 65.7. The number of rotatable bonds is 80. The largest absolute Gasteiger partial charge is 0.380 e. The zero-order chi connectivity index (χ0) is 83.6. The molecule has 2 aliphatic heterocycles. The third-order valence-electron chi connectivity index (χ3n) is 17.0. The van der Waals surface area contributed by atoms with Crippen LogP contribution < -0.4 is 37.4 Å². The van der Waals surface area contributed by atoms with Crippen molar-refractivity contribution in [3.8, 4) is 0 Å². The summed E-state index contributed by atoms with van der Waals surface area (Å²) in [5.74, 6) is -4.35. The highest BCUT2D eigenvalue weighted by atomic mass is 16.7. The second-order valence-corrected chi connectivity index (χ2v) is 27.4. The third-order valence-corrected chi connectivity index (χ3v) is 17.0. The molecule has 2 fully saturated rings. The lowest BCUT2D eigenvalue weighted by molar-refractivity contribution is -0.198. The molecule has 660 valence electrons. The van der Waals surface area contributed by atoms with E-state index in [0.29, 0.717) is 162 Å². The molecule has 115 heavy (non-hydrogen) atoms. The van der Waals surface area contributed by atoms with E-state index in [1.54, 1.807) is 0 Å². The van der Waals surface area contributed by atoms with E-state index in [1.807, 2.05) is 12.4 Å². The number of nitrogens with one attached hydrogen (secondary N) is 7. The Bertz CT molecular complexity index is 2690. The summed E-state index contributed by atoms with van der Waals surface area (Å²) in [4.78, 5) is 181. The van der Waals surface area contributed by atoms with Gasteiger partial charge in [-0.1, -0.05) is 64.7 Å². The molecule has 1 unspecified atom stereocenters. The molecule has 38 heteroatoms. The predicted octanol–water partition coefficient (Wildman–Crippen LogP) is 2.49. The number of hydroxylamine groups is 5. The van der Waals surface area contributed by atoms with E-state index in [0.717, 1.165) is 101 Å². The van der Waals surface area contributed by atoms with Crippen molar-refractivity contribution in [3.05, 3.63) is 0 Å². The van der Waals surface area contributed by atoms with Gasteiger partial charge in [0.2, 0.25) is 35.4 Å². The number of unbranched alkanes of at least 4 members (excludes halogenated alkanes) is 12. The number of hydrogen-bond donors (Lipinski definition) is 7. The summed E-state index contributed by atoms with van der Waals surface area (Å²) in [6.45, 7) is 11.0. The summed E-state index contributed by atoms with van der Waals surface area (Å²) >= 11 is 0. The molecule has 0 aromatic carbocycles. The van der Waals surface area contributed by atoms with Crippen molar-refractivity contribution in [3.63, 3.8) is 0 Å². The molecular formula is C77H133N9O29. The van der Waals surface area contributed by atoms with Gasteiger partial charge in [-0.15, -0.1) is 5.06 Å². The standard InChI is InChI=1S/C77H133N9O29/c1-77(61-110-40-26-67(91)78-32-14-8-2-5-11-19-64(88)81-35-46-104-52-58-107-55-49-101-43-29-74(98)113-84-70(94)22-18-39-87,62-111-41-27-68(92)79-33-15-9-3-6-12-20-65(89)82-36-47-105-53-59-108-56-50-102-44-30-75(99)114-85-38-17-23-71(85)95)63-112-42-28-69(93)80-34-16-10-4-7-13-21-66(90)83-37-48-106-54-60-109-57-51-103-45-31-76(100)115-86-72(96)24-25-73(86)97/h39H,2-38,40-63H2,1H3,(H,78,91)(H,79,92)(H,80,93)(H,81,88)(H,82,89)(H,83,90)(H,84,94). The number of carbonyl (C=O) groups is 14. The zero-order valence-corrected chi connectivity index (χ0v) is 67.9. The molecule has 38 nitrogen and oxygen atoms in total. The van der Waals surface area contributed by atoms with Gasteiger partial charge in [-0.05, 0) is 44.9 Å². The van der Waals surface area contributed by atoms with Crippen molar-refractivity contribution < 1.29 is 138 Å². The highest BCUT2D eigenvalue weighted by Gasteiger charge is 2.33. The summed E-state index contributed by atoms with van der Waals surface area (Å²) in [7, 11) is 0. The van der Waals surface area contributed by atoms with Crippen molar-refractivity contribution in [2.75, 3.05) is 204 Å². The third kappa shape index (κ3) is 64.3. The lowest BCUT2D eigenvalue weighted by Crippen LogP contribution is -2.36. The molecule has 0 aliphatic carbocycles. The average Bonchev–Trinajstić information content (AvgIpc) is 1.72. The molecule has 0 radical (unpaired) electrons. The van der Waals surface area contributed by atoms with Crippen molar-refractivity contribution in [2.24, 2.45) is 5.41 Å². The van der Waals surface area contributed by atoms with Crippen LogP contribution in [0.5, 0.6) is 0 Å². The molecule has 0 aromatic rings. The smallest absolute Gasteiger partial charge is 0.335 e. The van der Waals surface area contributed by atoms with Gasteiger partial charge in [0.05, 0.1) is 184 Å². The fourth-order valence-corrected chi connectivity index (χ4v) is 10.6. The van der Waals surface area contributed by atoms with Crippen LogP contribution in [-0.4, -0.2) is 298 Å². The van der Waals surface area contributed by atoms with Crippen LogP contribution in [0, 0.1) is 5.41 Å². The summed E-state index contributed by atoms with van der Waals surface area (Å²) in [5.41, 5.74) is 1.30. The molecule has 10 amide bonds. The maximum atomic E-state index is 12.7. The van der Waals surface area contributed by atoms with E-state index in [2.05, 4.69) is 36.7 Å². The fourth-order valence-electron chi connectivity index (χ4n) is 10.6. The summed E-state index contributed by atoms with van der Waals surface area (Å²) < 4.78 is 66.8. The van der Waals surface area contributed by atoms with Crippen molar-refractivity contribution in [2.45, 2.75) is 200 Å². The van der Waals surface area contributed by atoms with Crippen molar-refractivity contribution in [1.29, 1.82) is 0 Å². The maximum Gasteiger partial charge on any atom is 0.335 e. The normalized spacial score (nSPS) is 13.1. The molecule has 2 saturated heterocycles. The predicted molar refractivity (Wildman–Crippen MR) is 411 cm³/mol. The van der Waals surface area contributed by atoms with Gasteiger partial charge in [0.15, 0.2) is 0 Å². The molecule has 7 N–H and O–H groups in total. The molecule has 2 aliphatic rings. The molecule has 2 rings (SSSR count). The van der Waals surface area contributed by atoms with Crippen LogP contribution in [0.1, 0.15) is 200 Å². The van der Waals surface area contributed by atoms with Gasteiger partial charge in [-0.25, -0.2) is 14.4 Å². The van der Waals surface area contributed by atoms with Crippen LogP contribution in [0.3, 0.4) is 0 Å². The Labute approximate surface area is 676 Å². The second kappa shape index (κ2) is 72.9. The number of aldehydes is 1. The van der Waals surface area contributed by atoms with Gasteiger partial charge in [-0.2, -0.15) is 10.5 Å². The summed E-state index contributed by atoms with van der Waals surface area (Å²) in [5, 5.41) is 19.0. The number of carbonyl (C=O) groups excluding carboxylic acids is 14. The molecule has 2 heterocycles. The topological polar surface area (TPSA) is 468 Å². The number of imide groups is 1. The Balaban J connectivity index is 1.56. The van der Waals surface area contributed by atoms with Gasteiger partial charge < -0.3 is 108 Å². The van der Waals surface area contributed by atoms with E-state index in [9.17, 15) is 67.1 Å². The lowest BCUT2D eigenvalue weighted by atomic mass is 9.94. The summed E-state index contributed by atoms with van der Waals surface area (Å²) in [6, 6.07) is 0.